The standard InChI is InChI=1S/C25H25FN6O4S/c26-22-8-6-17(19-3-1-2-4-20(19)22)13-32-10-9-23(31-32)24(33)21-12-28-15-29-25(21)30-18-7-5-16(11-18)14-36-37(27,34)35/h1-4,6,8-10,12,15-16,18H,5,7,11,13-14H2,(H2,27,34,35)(H,28,29,30)/t16-,18+/m1/s1. The highest BCUT2D eigenvalue weighted by molar-refractivity contribution is 7.84. The molecule has 1 aliphatic rings. The number of hydrogen-bond acceptors (Lipinski definition) is 8. The monoisotopic (exact) mass is 524 g/mol. The molecule has 12 heteroatoms. The number of nitrogens with zero attached hydrogens (tertiary/aromatic N) is 4. The molecule has 1 fully saturated rings. The van der Waals surface area contributed by atoms with E-state index in [1.165, 1.54) is 18.6 Å². The molecule has 0 amide bonds. The van der Waals surface area contributed by atoms with E-state index in [0.29, 0.717) is 24.2 Å². The van der Waals surface area contributed by atoms with E-state index >= 15 is 0 Å². The van der Waals surface area contributed by atoms with Crippen molar-refractivity contribution in [3.05, 3.63) is 83.8 Å². The molecular formula is C25H25FN6O4S. The van der Waals surface area contributed by atoms with Crippen molar-refractivity contribution in [2.45, 2.75) is 31.8 Å². The molecule has 2 aromatic heterocycles. The lowest BCUT2D eigenvalue weighted by Gasteiger charge is -2.15. The molecular weight excluding hydrogens is 499 g/mol. The molecule has 5 rings (SSSR count). The maximum atomic E-state index is 14.2. The van der Waals surface area contributed by atoms with Crippen LogP contribution in [0.2, 0.25) is 0 Å². The van der Waals surface area contributed by atoms with E-state index in [2.05, 4.69) is 20.4 Å². The van der Waals surface area contributed by atoms with Crippen molar-refractivity contribution in [1.82, 2.24) is 19.7 Å². The molecule has 0 saturated heterocycles. The highest BCUT2D eigenvalue weighted by Crippen LogP contribution is 2.29. The Labute approximate surface area is 212 Å². The highest BCUT2D eigenvalue weighted by Gasteiger charge is 2.28. The molecule has 37 heavy (non-hydrogen) atoms. The predicted molar refractivity (Wildman–Crippen MR) is 135 cm³/mol. The van der Waals surface area contributed by atoms with Crippen molar-refractivity contribution in [1.29, 1.82) is 0 Å². The normalized spacial score (nSPS) is 17.8. The van der Waals surface area contributed by atoms with Crippen molar-refractivity contribution in [2.24, 2.45) is 11.1 Å². The first kappa shape index (κ1) is 24.9. The first-order valence-corrected chi connectivity index (χ1v) is 13.2. The minimum absolute atomic E-state index is 0.0140. The van der Waals surface area contributed by atoms with Crippen molar-refractivity contribution in [3.63, 3.8) is 0 Å². The van der Waals surface area contributed by atoms with Gasteiger partial charge in [-0.1, -0.05) is 30.3 Å². The summed E-state index contributed by atoms with van der Waals surface area (Å²) in [5, 5.41) is 14.0. The zero-order valence-corrected chi connectivity index (χ0v) is 20.6. The summed E-state index contributed by atoms with van der Waals surface area (Å²) in [5.74, 6) is -0.213. The van der Waals surface area contributed by atoms with Crippen molar-refractivity contribution < 1.29 is 21.8 Å². The Morgan fingerprint density at radius 3 is 2.78 bits per heavy atom. The number of halogens is 1. The molecule has 4 aromatic rings. The minimum atomic E-state index is -3.98. The lowest BCUT2D eigenvalue weighted by molar-refractivity contribution is 0.103. The number of carbonyl (C=O) groups excluding carboxylic acids is 1. The topological polar surface area (TPSA) is 142 Å². The third kappa shape index (κ3) is 5.82. The SMILES string of the molecule is NS(=O)(=O)OC[C@@H]1CC[C@H](Nc2ncncc2C(=O)c2ccn(Cc3ccc(F)c4ccccc34)n2)C1. The maximum Gasteiger partial charge on any atom is 0.333 e. The maximum absolute atomic E-state index is 14.2. The van der Waals surface area contributed by atoms with Crippen molar-refractivity contribution in [3.8, 4) is 0 Å². The van der Waals surface area contributed by atoms with Crippen LogP contribution in [0.25, 0.3) is 10.8 Å². The Hall–Kier alpha value is -3.74. The highest BCUT2D eigenvalue weighted by atomic mass is 32.2. The van der Waals surface area contributed by atoms with E-state index in [0.717, 1.165) is 23.8 Å². The van der Waals surface area contributed by atoms with Gasteiger partial charge in [0.15, 0.2) is 0 Å². The summed E-state index contributed by atoms with van der Waals surface area (Å²) in [6.07, 6.45) is 6.66. The van der Waals surface area contributed by atoms with Gasteiger partial charge < -0.3 is 5.32 Å². The second-order valence-electron chi connectivity index (χ2n) is 9.06. The predicted octanol–water partition coefficient (Wildman–Crippen LogP) is 3.05. The van der Waals surface area contributed by atoms with Crippen LogP contribution in [0.3, 0.4) is 0 Å². The average Bonchev–Trinajstić information content (AvgIpc) is 3.54. The Balaban J connectivity index is 1.29. The number of carbonyl (C=O) groups is 1. The summed E-state index contributed by atoms with van der Waals surface area (Å²) in [6, 6.07) is 12.0. The zero-order chi connectivity index (χ0) is 26.0. The van der Waals surface area contributed by atoms with Gasteiger partial charge in [0, 0.05) is 23.8 Å². The smallest absolute Gasteiger partial charge is 0.333 e. The fraction of sp³-hybridized carbons (Fsp3) is 0.280. The molecule has 2 atom stereocenters. The molecule has 1 saturated carbocycles. The van der Waals surface area contributed by atoms with Gasteiger partial charge in [-0.3, -0.25) is 13.7 Å². The molecule has 2 heterocycles. The van der Waals surface area contributed by atoms with Crippen molar-refractivity contribution >= 4 is 32.7 Å². The second-order valence-corrected chi connectivity index (χ2v) is 10.3. The summed E-state index contributed by atoms with van der Waals surface area (Å²) in [7, 11) is -3.98. The zero-order valence-electron chi connectivity index (χ0n) is 19.7. The van der Waals surface area contributed by atoms with E-state index in [1.54, 1.807) is 35.1 Å². The summed E-state index contributed by atoms with van der Waals surface area (Å²) in [4.78, 5) is 21.6. The van der Waals surface area contributed by atoms with Gasteiger partial charge in [-0.15, -0.1) is 0 Å². The van der Waals surface area contributed by atoms with Crippen LogP contribution in [0.5, 0.6) is 0 Å². The number of aromatic nitrogens is 4. The van der Waals surface area contributed by atoms with Gasteiger partial charge in [-0.2, -0.15) is 13.5 Å². The molecule has 0 aliphatic heterocycles. The Morgan fingerprint density at radius 2 is 1.97 bits per heavy atom. The van der Waals surface area contributed by atoms with E-state index in [1.807, 2.05) is 12.1 Å². The van der Waals surface area contributed by atoms with E-state index in [4.69, 9.17) is 9.32 Å². The fourth-order valence-corrected chi connectivity index (χ4v) is 5.08. The Kier molecular flexibility index (Phi) is 6.96. The van der Waals surface area contributed by atoms with Crippen LogP contribution < -0.4 is 10.5 Å². The molecule has 1 aliphatic carbocycles. The Morgan fingerprint density at radius 1 is 1.16 bits per heavy atom. The number of nitrogens with one attached hydrogen (secondary N) is 1. The summed E-state index contributed by atoms with van der Waals surface area (Å²) in [6.45, 7) is 0.391. The van der Waals surface area contributed by atoms with Crippen LogP contribution >= 0.6 is 0 Å². The van der Waals surface area contributed by atoms with Crippen LogP contribution in [0.1, 0.15) is 40.9 Å². The number of hydrogen-bond donors (Lipinski definition) is 2. The van der Waals surface area contributed by atoms with Crippen molar-refractivity contribution in [2.75, 3.05) is 11.9 Å². The van der Waals surface area contributed by atoms with Gasteiger partial charge in [0.2, 0.25) is 5.78 Å². The Bertz CT molecular complexity index is 1560. The van der Waals surface area contributed by atoms with Crippen LogP contribution in [0, 0.1) is 11.7 Å². The number of benzene rings is 2. The van der Waals surface area contributed by atoms with Gasteiger partial charge in [-0.25, -0.2) is 19.5 Å². The molecule has 3 N–H and O–H groups in total. The fourth-order valence-electron chi connectivity index (χ4n) is 4.70. The van der Waals surface area contributed by atoms with Crippen LogP contribution in [-0.2, 0) is 21.0 Å². The number of rotatable bonds is 9. The van der Waals surface area contributed by atoms with Crippen LogP contribution in [0.15, 0.2) is 61.2 Å². The molecule has 0 bridgehead atoms. The van der Waals surface area contributed by atoms with E-state index in [-0.39, 0.29) is 41.4 Å². The summed E-state index contributed by atoms with van der Waals surface area (Å²) in [5.41, 5.74) is 1.39. The summed E-state index contributed by atoms with van der Waals surface area (Å²) < 4.78 is 42.6. The van der Waals surface area contributed by atoms with E-state index < -0.39 is 10.3 Å². The lowest BCUT2D eigenvalue weighted by Crippen LogP contribution is -2.22. The van der Waals surface area contributed by atoms with E-state index in [9.17, 15) is 17.6 Å². The first-order valence-electron chi connectivity index (χ1n) is 11.7. The van der Waals surface area contributed by atoms with Gasteiger partial charge >= 0.3 is 10.3 Å². The molecule has 0 unspecified atom stereocenters. The quantitative estimate of drug-likeness (QED) is 0.318. The number of ketones is 1. The molecule has 0 spiro atoms. The molecule has 2 aromatic carbocycles. The third-order valence-electron chi connectivity index (χ3n) is 6.47. The number of fused-ring (bicyclic) bond motifs is 1. The molecule has 0 radical (unpaired) electrons. The molecule has 192 valence electrons. The average molecular weight is 525 g/mol. The summed E-state index contributed by atoms with van der Waals surface area (Å²) >= 11 is 0. The van der Waals surface area contributed by atoms with Gasteiger partial charge in [0.1, 0.15) is 23.7 Å². The number of nitrogens with two attached hydrogens (primary N) is 1. The van der Waals surface area contributed by atoms with Crippen LogP contribution in [0.4, 0.5) is 10.2 Å². The van der Waals surface area contributed by atoms with Gasteiger partial charge in [0.25, 0.3) is 0 Å². The third-order valence-corrected chi connectivity index (χ3v) is 6.94. The van der Waals surface area contributed by atoms with Gasteiger partial charge in [-0.05, 0) is 48.3 Å². The molecule has 10 nitrogen and oxygen atoms in total. The van der Waals surface area contributed by atoms with Gasteiger partial charge in [0.05, 0.1) is 18.7 Å². The number of anilines is 1. The first-order chi connectivity index (χ1) is 17.8. The largest absolute Gasteiger partial charge is 0.367 e. The minimum Gasteiger partial charge on any atom is -0.367 e. The van der Waals surface area contributed by atoms with Crippen LogP contribution in [-0.4, -0.2) is 46.6 Å². The lowest BCUT2D eigenvalue weighted by atomic mass is 10.0. The second kappa shape index (κ2) is 10.3.